The number of nitrogens with zero attached hydrogens (tertiary/aromatic N) is 3. The number of hydrogen-bond acceptors (Lipinski definition) is 8. The number of ether oxygens (including phenoxy) is 2. The lowest BCUT2D eigenvalue weighted by Crippen LogP contribution is -2.45. The Morgan fingerprint density at radius 2 is 1.43 bits per heavy atom. The third kappa shape index (κ3) is 8.23. The summed E-state index contributed by atoms with van der Waals surface area (Å²) in [7, 11) is 1.91. The Morgan fingerprint density at radius 1 is 0.707 bits per heavy atom. The first-order chi connectivity index (χ1) is 36.3. The number of benzene rings is 6. The molecule has 1 aromatic heterocycles. The van der Waals surface area contributed by atoms with E-state index >= 15 is 0 Å². The van der Waals surface area contributed by atoms with Gasteiger partial charge in [0.05, 0.1) is 33.9 Å². The minimum atomic E-state index is -1.12. The number of amides is 2. The van der Waals surface area contributed by atoms with Crippen molar-refractivity contribution in [2.24, 2.45) is 7.05 Å². The van der Waals surface area contributed by atoms with E-state index < -0.39 is 29.7 Å². The number of pyridine rings is 1. The molecule has 7 aromatic rings. The molecule has 0 saturated heterocycles. The molecule has 0 aliphatic carbocycles. The second kappa shape index (κ2) is 18.8. The summed E-state index contributed by atoms with van der Waals surface area (Å²) in [6.45, 7) is 7.65. The van der Waals surface area contributed by atoms with Gasteiger partial charge in [-0.1, -0.05) is 24.3 Å². The lowest BCUT2D eigenvalue weighted by molar-refractivity contribution is -0.617. The average Bonchev–Trinajstić information content (AvgIpc) is 3.41. The van der Waals surface area contributed by atoms with E-state index in [4.69, 9.17) is 14.6 Å². The first-order valence-corrected chi connectivity index (χ1v) is 26.1. The highest BCUT2D eigenvalue weighted by Gasteiger charge is 2.37. The van der Waals surface area contributed by atoms with Gasteiger partial charge in [-0.2, -0.15) is 4.57 Å². The maximum Gasteiger partial charge on any atom is 0.345 e. The van der Waals surface area contributed by atoms with Gasteiger partial charge in [0, 0.05) is 95.4 Å². The second-order valence-corrected chi connectivity index (χ2v) is 20.6. The number of esters is 1. The van der Waals surface area contributed by atoms with Crippen molar-refractivity contribution in [3.8, 4) is 17.2 Å². The topological polar surface area (TPSA) is 178 Å². The third-order valence-electron chi connectivity index (χ3n) is 15.9. The van der Waals surface area contributed by atoms with Gasteiger partial charge < -0.3 is 35.2 Å². The summed E-state index contributed by atoms with van der Waals surface area (Å²) in [5.41, 5.74) is 12.9. The minimum Gasteiger partial charge on any atom is -0.481 e. The van der Waals surface area contributed by atoms with Crippen molar-refractivity contribution in [2.75, 3.05) is 37.6 Å². The number of para-hydroxylation sites is 1. The molecule has 378 valence electrons. The molecule has 14 nitrogen and oxygen atoms in total. The molecule has 0 atom stereocenters. The molecule has 14 heteroatoms. The quantitative estimate of drug-likeness (QED) is 0.0460. The zero-order chi connectivity index (χ0) is 51.8. The number of aromatic nitrogens is 1. The van der Waals surface area contributed by atoms with E-state index in [2.05, 4.69) is 32.2 Å². The summed E-state index contributed by atoms with van der Waals surface area (Å²) >= 11 is 0. The van der Waals surface area contributed by atoms with Crippen LogP contribution in [0.5, 0.6) is 17.2 Å². The monoisotopic (exact) mass is 1000 g/mol. The Kier molecular flexibility index (Phi) is 12.0. The van der Waals surface area contributed by atoms with E-state index in [-0.39, 0.29) is 30.6 Å². The van der Waals surface area contributed by atoms with Crippen molar-refractivity contribution in [2.45, 2.75) is 78.2 Å². The number of aryl methyl sites for hydroxylation is 5. The van der Waals surface area contributed by atoms with E-state index in [1.165, 1.54) is 39.4 Å². The Bertz CT molecular complexity index is 3810. The molecule has 12 rings (SSSR count). The van der Waals surface area contributed by atoms with Gasteiger partial charge in [0.25, 0.3) is 11.8 Å². The van der Waals surface area contributed by atoms with E-state index in [1.54, 1.807) is 32.0 Å². The molecule has 6 heterocycles. The number of rotatable bonds is 11. The minimum absolute atomic E-state index is 0.0193. The van der Waals surface area contributed by atoms with Gasteiger partial charge in [0.15, 0.2) is 0 Å². The Morgan fingerprint density at radius 3 is 2.21 bits per heavy atom. The maximum atomic E-state index is 14.4. The molecule has 2 amide bonds. The molecular weight excluding hydrogens is 947 g/mol. The van der Waals surface area contributed by atoms with Gasteiger partial charge in [-0.25, -0.2) is 14.2 Å². The first kappa shape index (κ1) is 47.6. The van der Waals surface area contributed by atoms with Crippen LogP contribution in [0.2, 0.25) is 0 Å². The number of carboxylic acid groups (broad SMARTS) is 2. The summed E-state index contributed by atoms with van der Waals surface area (Å²) in [5.74, 6) is -1.61. The number of aliphatic carboxylic acids is 1. The fourth-order valence-corrected chi connectivity index (χ4v) is 12.6. The predicted octanol–water partition coefficient (Wildman–Crippen LogP) is 6.92. The van der Waals surface area contributed by atoms with Crippen LogP contribution in [0.25, 0.3) is 27.4 Å². The molecule has 0 radical (unpaired) electrons. The molecule has 0 saturated carbocycles. The van der Waals surface area contributed by atoms with Crippen LogP contribution in [-0.4, -0.2) is 72.7 Å². The Hall–Kier alpha value is -8.39. The van der Waals surface area contributed by atoms with Crippen molar-refractivity contribution in [1.82, 2.24) is 15.2 Å². The summed E-state index contributed by atoms with van der Waals surface area (Å²) in [6, 6.07) is 25.9. The maximum absolute atomic E-state index is 14.4. The van der Waals surface area contributed by atoms with E-state index in [0.29, 0.717) is 49.9 Å². The number of carbonyl (C=O) groups excluding carboxylic acids is 3. The van der Waals surface area contributed by atoms with Crippen LogP contribution < -0.4 is 44.7 Å². The summed E-state index contributed by atoms with van der Waals surface area (Å²) in [6.07, 6.45) is 7.62. The Balaban J connectivity index is 0.872. The van der Waals surface area contributed by atoms with Crippen LogP contribution in [0, 0.1) is 13.8 Å². The number of carboxylic acids is 2. The van der Waals surface area contributed by atoms with Gasteiger partial charge in [0.1, 0.15) is 37.4 Å². The summed E-state index contributed by atoms with van der Waals surface area (Å²) in [4.78, 5) is 68.4. The van der Waals surface area contributed by atoms with E-state index in [0.717, 1.165) is 116 Å². The highest BCUT2D eigenvalue weighted by atomic mass is 16.5. The standard InChI is InChI=1S/C61H55N5O9/c1-33-26-39(59(70)62-21-20-50(67)68)27-34(2)55(33)75-61(73)52-41-12-4-5-15-48(41)64(3)49-28-35(16-18-42(49)52)32-63-58(69)38-17-19-40(45(31-38)60(71)72)51-46-29-36-10-6-22-65-24-8-13-43(53(36)65)56(46)74-57-44-14-9-25-66-23-7-11-37(54(44)66)30-47(51)57/h4-5,12,15-19,26-31H,6-11,13-14,20-25,32H2,1-3H3,(H2-2,62,63,67,68,69,70,71,72)/p+2. The normalized spacial score (nSPS) is 15.1. The van der Waals surface area contributed by atoms with Crippen LogP contribution in [0.3, 0.4) is 0 Å². The van der Waals surface area contributed by atoms with Gasteiger partial charge in [0.2, 0.25) is 16.4 Å². The highest BCUT2D eigenvalue weighted by Crippen LogP contribution is 2.49. The molecule has 0 bridgehead atoms. The van der Waals surface area contributed by atoms with Crippen molar-refractivity contribution in [1.29, 1.82) is 0 Å². The number of nitrogens with one attached hydrogen (secondary N) is 2. The molecule has 5 aliphatic rings. The van der Waals surface area contributed by atoms with Crippen LogP contribution in [0.15, 0.2) is 84.9 Å². The smallest absolute Gasteiger partial charge is 0.345 e. The van der Waals surface area contributed by atoms with Crippen molar-refractivity contribution in [3.05, 3.63) is 168 Å². The number of carbonyl (C=O) groups is 5. The zero-order valence-corrected chi connectivity index (χ0v) is 42.3. The molecule has 0 unspecified atom stereocenters. The zero-order valence-electron chi connectivity index (χ0n) is 42.3. The van der Waals surface area contributed by atoms with Crippen LogP contribution >= 0.6 is 0 Å². The Labute approximate surface area is 432 Å². The molecule has 75 heavy (non-hydrogen) atoms. The summed E-state index contributed by atoms with van der Waals surface area (Å²) < 4.78 is 17.8. The van der Waals surface area contributed by atoms with Crippen LogP contribution in [0.4, 0.5) is 5.69 Å². The first-order valence-electron chi connectivity index (χ1n) is 26.1. The van der Waals surface area contributed by atoms with Crippen LogP contribution in [-0.2, 0) is 44.1 Å². The number of fused-ring (bicyclic) bond motifs is 6. The molecule has 6 aromatic carbocycles. The molecule has 0 spiro atoms. The summed E-state index contributed by atoms with van der Waals surface area (Å²) in [5, 5.41) is 29.2. The largest absolute Gasteiger partial charge is 0.481 e. The number of anilines is 1. The van der Waals surface area contributed by atoms with Gasteiger partial charge in [-0.15, -0.1) is 0 Å². The van der Waals surface area contributed by atoms with Crippen LogP contribution in [0.1, 0.15) is 124 Å². The lowest BCUT2D eigenvalue weighted by atomic mass is 9.81. The second-order valence-electron chi connectivity index (χ2n) is 20.6. The van der Waals surface area contributed by atoms with Crippen molar-refractivity contribution in [3.63, 3.8) is 0 Å². The van der Waals surface area contributed by atoms with Gasteiger partial charge in [-0.3, -0.25) is 14.4 Å². The number of aromatic carboxylic acids is 1. The fourth-order valence-electron chi connectivity index (χ4n) is 12.6. The molecule has 4 N–H and O–H groups in total. The molecular formula is C61H57N5O9+2. The fraction of sp³-hybridized carbons (Fsp3) is 0.295. The average molecular weight is 1000 g/mol. The number of hydrogen-bond donors (Lipinski definition) is 4. The lowest BCUT2D eigenvalue weighted by Gasteiger charge is -2.39. The SMILES string of the molecule is Cc1cc(C(=O)NCCC(=O)O)cc(C)c1OC(=O)c1c2ccccc2[n+](C)c2cc(CNC(=O)c3ccc(C4=c5cc6c7c(c5Oc5c4cc4c8c5CCCN8CCC4)CCC[N+]=7CCC6)c(C(=O)O)c3)ccc12. The van der Waals surface area contributed by atoms with Gasteiger partial charge in [-0.05, 0) is 129 Å². The van der Waals surface area contributed by atoms with Gasteiger partial charge >= 0.3 is 17.9 Å². The predicted molar refractivity (Wildman–Crippen MR) is 283 cm³/mol. The molecule has 0 fully saturated rings. The third-order valence-corrected chi connectivity index (χ3v) is 15.9. The van der Waals surface area contributed by atoms with E-state index in [1.807, 2.05) is 60.1 Å². The van der Waals surface area contributed by atoms with E-state index in [9.17, 15) is 29.1 Å². The van der Waals surface area contributed by atoms with Crippen molar-refractivity contribution < 1.29 is 48.2 Å². The highest BCUT2D eigenvalue weighted by molar-refractivity contribution is 6.13. The molecule has 5 aliphatic heterocycles. The van der Waals surface area contributed by atoms with Crippen molar-refractivity contribution >= 4 is 62.8 Å².